The maximum atomic E-state index is 0. The zero-order chi connectivity index (χ0) is 0. The smallest absolute Gasteiger partial charge is 1.00 e. The van der Waals surface area contributed by atoms with Gasteiger partial charge in [0.15, 0.2) is 0 Å². The fourth-order valence-electron chi connectivity index (χ4n) is 0. The SMILES string of the molecule is [BiH3].[Cu].[H-].[H-].[Mg+2].[SiH4]. The van der Waals surface area contributed by atoms with Crippen molar-refractivity contribution in [3.05, 3.63) is 0 Å². The van der Waals surface area contributed by atoms with Gasteiger partial charge in [0.2, 0.25) is 0 Å². The molecule has 0 aliphatic rings. The Morgan fingerprint density at radius 1 is 1.25 bits per heavy atom. The average molecular weight is 334 g/mol. The van der Waals surface area contributed by atoms with Crippen LogP contribution in [0.25, 0.3) is 0 Å². The third-order valence-electron chi connectivity index (χ3n) is 0. The summed E-state index contributed by atoms with van der Waals surface area (Å²) in [6.45, 7) is 0. The summed E-state index contributed by atoms with van der Waals surface area (Å²) >= 11 is 0. The van der Waals surface area contributed by atoms with E-state index < -0.39 is 0 Å². The van der Waals surface area contributed by atoms with Crippen molar-refractivity contribution in [1.29, 1.82) is 0 Å². The minimum atomic E-state index is 0. The third-order valence-corrected chi connectivity index (χ3v) is 0. The van der Waals surface area contributed by atoms with Gasteiger partial charge >= 0.3 is 49.3 Å². The summed E-state index contributed by atoms with van der Waals surface area (Å²) in [6, 6.07) is 0. The van der Waals surface area contributed by atoms with Crippen molar-refractivity contribution in [2.75, 3.05) is 0 Å². The van der Waals surface area contributed by atoms with E-state index in [0.717, 1.165) is 0 Å². The molecule has 0 amide bonds. The molecule has 0 aliphatic heterocycles. The Labute approximate surface area is 79.2 Å². The topological polar surface area (TPSA) is 0 Å². The van der Waals surface area contributed by atoms with Gasteiger partial charge in [0.05, 0.1) is 0 Å². The van der Waals surface area contributed by atoms with Crippen molar-refractivity contribution < 1.29 is 19.9 Å². The van der Waals surface area contributed by atoms with E-state index in [4.69, 9.17) is 0 Å². The van der Waals surface area contributed by atoms with Gasteiger partial charge in [-0.3, -0.25) is 0 Å². The van der Waals surface area contributed by atoms with Crippen LogP contribution in [0.5, 0.6) is 0 Å². The molecule has 0 spiro atoms. The number of rotatable bonds is 0. The van der Waals surface area contributed by atoms with E-state index in [1.807, 2.05) is 0 Å². The van der Waals surface area contributed by atoms with Crippen LogP contribution in [-0.4, -0.2) is 60.2 Å². The summed E-state index contributed by atoms with van der Waals surface area (Å²) < 4.78 is 0. The van der Waals surface area contributed by atoms with Crippen LogP contribution < -0.4 is 0 Å². The molecule has 31 valence electrons. The third kappa shape index (κ3) is 8.83. The van der Waals surface area contributed by atoms with Gasteiger partial charge < -0.3 is 2.85 Å². The second-order valence-corrected chi connectivity index (χ2v) is 0. The van der Waals surface area contributed by atoms with Crippen molar-refractivity contribution in [3.63, 3.8) is 0 Å². The van der Waals surface area contributed by atoms with E-state index in [0.29, 0.717) is 0 Å². The Hall–Kier alpha value is 2.39. The second kappa shape index (κ2) is 18.2. The van der Waals surface area contributed by atoms with Gasteiger partial charge in [-0.05, 0) is 11.0 Å². The molecular weight excluding hydrogens is 325 g/mol. The monoisotopic (exact) mass is 333 g/mol. The summed E-state index contributed by atoms with van der Waals surface area (Å²) in [5.41, 5.74) is 0. The van der Waals surface area contributed by atoms with E-state index in [-0.39, 0.29) is 80.1 Å². The molecule has 0 N–H and O–H groups in total. The van der Waals surface area contributed by atoms with Gasteiger partial charge in [-0.25, -0.2) is 0 Å². The van der Waals surface area contributed by atoms with Crippen molar-refractivity contribution in [2.24, 2.45) is 0 Å². The van der Waals surface area contributed by atoms with Crippen LogP contribution in [0.2, 0.25) is 0 Å². The molecule has 0 saturated carbocycles. The molecule has 0 heterocycles. The molecule has 0 nitrogen and oxygen atoms in total. The van der Waals surface area contributed by atoms with Crippen molar-refractivity contribution in [1.82, 2.24) is 0 Å². The number of hydrogen-bond acceptors (Lipinski definition) is 0. The van der Waals surface area contributed by atoms with Gasteiger partial charge in [0, 0.05) is 17.1 Å². The quantitative estimate of drug-likeness (QED) is 0.420. The molecule has 4 heteroatoms. The molecule has 1 radical (unpaired) electrons. The predicted octanol–water partition coefficient (Wildman–Crippen LogP) is -2.79. The fraction of sp³-hybridized carbons (Fsp3) is 0. The van der Waals surface area contributed by atoms with Crippen molar-refractivity contribution >= 4 is 60.2 Å². The van der Waals surface area contributed by atoms with E-state index in [1.165, 1.54) is 0 Å². The Kier molecular flexibility index (Phi) is 148. The minimum Gasteiger partial charge on any atom is -1.00 e. The van der Waals surface area contributed by atoms with Crippen LogP contribution in [0.15, 0.2) is 0 Å². The van der Waals surface area contributed by atoms with Gasteiger partial charge in [-0.2, -0.15) is 0 Å². The zero-order valence-corrected chi connectivity index (χ0v) is 9.57. The van der Waals surface area contributed by atoms with Crippen LogP contribution in [-0.2, 0) is 17.1 Å². The van der Waals surface area contributed by atoms with Gasteiger partial charge in [0.25, 0.3) is 0 Å². The largest absolute Gasteiger partial charge is 2.00 e. The van der Waals surface area contributed by atoms with Crippen molar-refractivity contribution in [2.45, 2.75) is 0 Å². The first-order valence-electron chi connectivity index (χ1n) is 0. The van der Waals surface area contributed by atoms with Gasteiger partial charge in [0.1, 0.15) is 0 Å². The van der Waals surface area contributed by atoms with Crippen molar-refractivity contribution in [3.8, 4) is 0 Å². The van der Waals surface area contributed by atoms with Crippen LogP contribution in [0.1, 0.15) is 2.85 Å². The fourth-order valence-corrected chi connectivity index (χ4v) is 0. The first-order valence-corrected chi connectivity index (χ1v) is 0. The molecule has 0 rings (SSSR count). The van der Waals surface area contributed by atoms with Crippen LogP contribution >= 0.6 is 0 Å². The Morgan fingerprint density at radius 2 is 1.25 bits per heavy atom. The summed E-state index contributed by atoms with van der Waals surface area (Å²) in [5.74, 6) is 0. The Morgan fingerprint density at radius 3 is 1.25 bits per heavy atom. The van der Waals surface area contributed by atoms with E-state index in [1.54, 1.807) is 0 Å². The summed E-state index contributed by atoms with van der Waals surface area (Å²) in [6.07, 6.45) is 0. The second-order valence-electron chi connectivity index (χ2n) is 0. The van der Waals surface area contributed by atoms with E-state index in [9.17, 15) is 0 Å². The standard InChI is InChI=1S/Bi.Cu.Mg.H4Si.5H/h;;;1H4;;;;;/q;;+2;;;;;2*-1. The molecule has 0 bridgehead atoms. The molecule has 0 atom stereocenters. The maximum Gasteiger partial charge on any atom is 2.00 e. The molecule has 0 aromatic carbocycles. The molecule has 0 aromatic heterocycles. The Balaban J connectivity index is 0. The van der Waals surface area contributed by atoms with Gasteiger partial charge in [-0.1, -0.05) is 0 Å². The molecule has 0 saturated heterocycles. The van der Waals surface area contributed by atoms with Gasteiger partial charge in [-0.15, -0.1) is 0 Å². The summed E-state index contributed by atoms with van der Waals surface area (Å²) in [7, 11) is 0. The Bertz CT molecular complexity index is 13.5. The van der Waals surface area contributed by atoms with Crippen LogP contribution in [0, 0.1) is 0 Å². The first-order chi connectivity index (χ1) is 0. The molecule has 0 aliphatic carbocycles. The van der Waals surface area contributed by atoms with E-state index >= 15 is 0 Å². The van der Waals surface area contributed by atoms with Crippen LogP contribution in [0.4, 0.5) is 0 Å². The minimum absolute atomic E-state index is 0. The van der Waals surface area contributed by atoms with E-state index in [2.05, 4.69) is 0 Å². The molecular formula is H9BiCuMgSi. The molecule has 4 heavy (non-hydrogen) atoms. The summed E-state index contributed by atoms with van der Waals surface area (Å²) in [5, 5.41) is 0. The molecule has 0 unspecified atom stereocenters. The summed E-state index contributed by atoms with van der Waals surface area (Å²) in [4.78, 5) is 0. The predicted molar refractivity (Wildman–Crippen MR) is 29.3 cm³/mol. The molecule has 0 aromatic rings. The molecule has 0 fully saturated rings. The maximum absolute atomic E-state index is 0. The average Bonchev–Trinajstić information content (AvgIpc) is 0. The normalized spacial score (nSPS) is 0. The zero-order valence-electron chi connectivity index (χ0n) is 3.72. The first kappa shape index (κ1) is 32.5. The number of hydrogen-bond donors (Lipinski definition) is 0. The van der Waals surface area contributed by atoms with Crippen LogP contribution in [0.3, 0.4) is 0 Å².